The smallest absolute Gasteiger partial charge is 0.167 e. The summed E-state index contributed by atoms with van der Waals surface area (Å²) in [5.41, 5.74) is 2.02. The summed E-state index contributed by atoms with van der Waals surface area (Å²) < 4.78 is 46.4. The maximum atomic E-state index is 16.8. The average molecular weight is 654 g/mol. The Kier molecular flexibility index (Phi) is 13.0. The summed E-state index contributed by atoms with van der Waals surface area (Å²) >= 11 is 6.79. The third-order valence-corrected chi connectivity index (χ3v) is 8.69. The van der Waals surface area contributed by atoms with Gasteiger partial charge >= 0.3 is 0 Å². The molecule has 4 rings (SSSR count). The summed E-state index contributed by atoms with van der Waals surface area (Å²) in [6, 6.07) is 9.58. The zero-order chi connectivity index (χ0) is 33.4. The van der Waals surface area contributed by atoms with Gasteiger partial charge in [-0.25, -0.2) is 23.2 Å². The summed E-state index contributed by atoms with van der Waals surface area (Å²) in [4.78, 5) is 11.3. The molecule has 3 aromatic carbocycles. The molecular weight excluding hydrogens is 607 g/mol. The van der Waals surface area contributed by atoms with Crippen molar-refractivity contribution in [2.24, 2.45) is 15.9 Å². The second-order valence-electron chi connectivity index (χ2n) is 12.9. The summed E-state index contributed by atoms with van der Waals surface area (Å²) in [5, 5.41) is 7.36. The number of halogens is 4. The van der Waals surface area contributed by atoms with Crippen molar-refractivity contribution in [3.63, 3.8) is 0 Å². The number of likely N-dealkylation sites (N-methyl/N-ethyl adjacent to an activating group) is 1. The van der Waals surface area contributed by atoms with Crippen molar-refractivity contribution >= 4 is 40.6 Å². The molecule has 0 aromatic heterocycles. The predicted molar refractivity (Wildman–Crippen MR) is 188 cm³/mol. The fraction of sp³-hybridized carbons (Fsp3) is 0.459. The lowest BCUT2D eigenvalue weighted by Crippen LogP contribution is -2.37. The van der Waals surface area contributed by atoms with Crippen LogP contribution in [0.1, 0.15) is 58.4 Å². The van der Waals surface area contributed by atoms with Crippen LogP contribution in [-0.4, -0.2) is 62.8 Å². The molecule has 1 fully saturated rings. The highest BCUT2D eigenvalue weighted by atomic mass is 35.5. The van der Waals surface area contributed by atoms with Crippen molar-refractivity contribution in [1.82, 2.24) is 15.5 Å². The second kappa shape index (κ2) is 16.7. The van der Waals surface area contributed by atoms with Gasteiger partial charge in [-0.2, -0.15) is 0 Å². The Morgan fingerprint density at radius 2 is 1.87 bits per heavy atom. The van der Waals surface area contributed by atoms with Crippen molar-refractivity contribution in [3.8, 4) is 11.1 Å². The summed E-state index contributed by atoms with van der Waals surface area (Å²) in [5.74, 6) is -1.78. The Labute approximate surface area is 277 Å². The van der Waals surface area contributed by atoms with Crippen molar-refractivity contribution < 1.29 is 13.2 Å². The highest BCUT2D eigenvalue weighted by molar-refractivity contribution is 6.34. The first-order chi connectivity index (χ1) is 22.0. The molecule has 3 aromatic rings. The second-order valence-corrected chi connectivity index (χ2v) is 13.4. The molecule has 1 heterocycles. The molecule has 9 heteroatoms. The zero-order valence-electron chi connectivity index (χ0n) is 27.5. The monoisotopic (exact) mass is 653 g/mol. The van der Waals surface area contributed by atoms with Gasteiger partial charge in [-0.05, 0) is 93.9 Å². The van der Waals surface area contributed by atoms with E-state index in [0.29, 0.717) is 41.6 Å². The molecule has 0 amide bonds. The number of hydrogen-bond donors (Lipinski definition) is 2. The molecule has 0 spiro atoms. The van der Waals surface area contributed by atoms with Gasteiger partial charge in [0.05, 0.1) is 5.02 Å². The van der Waals surface area contributed by atoms with Crippen LogP contribution >= 0.6 is 11.6 Å². The molecule has 248 valence electrons. The fourth-order valence-electron chi connectivity index (χ4n) is 6.49. The standard InChI is InChI=1S/C37H47ClF3N5/c1-23(2)21-46(22-24(3)4)17-8-7-12-32(43-6)45-37-26(18-27-14-15-28(44-27)20-42-5)19-30(38)34(36(37)41)29-11-9-10-25-13-16-31(39)35(40)33(25)29/h9-11,13,16,19,24,27-28,42,44H,1,6-8,12,14-15,17-18,20-22H2,2-5H3. The number of nitrogens with one attached hydrogen (secondary N) is 2. The summed E-state index contributed by atoms with van der Waals surface area (Å²) in [7, 11) is 1.92. The topological polar surface area (TPSA) is 52.0 Å². The van der Waals surface area contributed by atoms with Gasteiger partial charge in [-0.1, -0.05) is 61.9 Å². The van der Waals surface area contributed by atoms with Crippen molar-refractivity contribution in [1.29, 1.82) is 0 Å². The Morgan fingerprint density at radius 1 is 1.11 bits per heavy atom. The Hall–Kier alpha value is -3.04. The summed E-state index contributed by atoms with van der Waals surface area (Å²) in [6.45, 7) is 17.8. The molecule has 0 aliphatic carbocycles. The van der Waals surface area contributed by atoms with E-state index in [1.54, 1.807) is 24.3 Å². The number of rotatable bonds is 15. The maximum Gasteiger partial charge on any atom is 0.167 e. The molecule has 5 nitrogen and oxygen atoms in total. The largest absolute Gasteiger partial charge is 0.318 e. The summed E-state index contributed by atoms with van der Waals surface area (Å²) in [6.07, 6.45) is 4.65. The first-order valence-electron chi connectivity index (χ1n) is 16.2. The minimum Gasteiger partial charge on any atom is -0.318 e. The van der Waals surface area contributed by atoms with Gasteiger partial charge in [0.2, 0.25) is 0 Å². The molecule has 1 aliphatic heterocycles. The van der Waals surface area contributed by atoms with Gasteiger partial charge in [0.15, 0.2) is 17.5 Å². The number of aliphatic imine (C=N–C) groups is 2. The predicted octanol–water partition coefficient (Wildman–Crippen LogP) is 8.90. The van der Waals surface area contributed by atoms with Gasteiger partial charge in [0.25, 0.3) is 0 Å². The normalized spacial score (nSPS) is 17.0. The molecule has 2 N–H and O–H groups in total. The van der Waals surface area contributed by atoms with Gasteiger partial charge in [-0.15, -0.1) is 0 Å². The number of fused-ring (bicyclic) bond motifs is 1. The Balaban J connectivity index is 1.70. The van der Waals surface area contributed by atoms with Crippen LogP contribution in [-0.2, 0) is 6.42 Å². The van der Waals surface area contributed by atoms with Gasteiger partial charge in [-0.3, -0.25) is 4.90 Å². The highest BCUT2D eigenvalue weighted by Crippen LogP contribution is 2.43. The van der Waals surface area contributed by atoms with Crippen molar-refractivity contribution in [2.75, 3.05) is 33.2 Å². The van der Waals surface area contributed by atoms with E-state index >= 15 is 8.78 Å². The SMILES string of the molecule is C=NC(CCCCN(CC(=C)C)CC(C)C)=Nc1c(CC2CCC(CNC)N2)cc(Cl)c(-c2cccc3ccc(F)c(F)c23)c1F. The van der Waals surface area contributed by atoms with Crippen LogP contribution in [0.2, 0.25) is 5.02 Å². The Morgan fingerprint density at radius 3 is 2.57 bits per heavy atom. The lowest BCUT2D eigenvalue weighted by molar-refractivity contribution is 0.259. The van der Waals surface area contributed by atoms with Gasteiger partial charge in [0, 0.05) is 49.1 Å². The van der Waals surface area contributed by atoms with Crippen LogP contribution in [0, 0.1) is 23.4 Å². The number of amidine groups is 1. The van der Waals surface area contributed by atoms with E-state index in [2.05, 4.69) is 47.7 Å². The molecule has 2 atom stereocenters. The number of hydrogen-bond acceptors (Lipinski definition) is 4. The molecule has 0 bridgehead atoms. The molecule has 0 saturated carbocycles. The molecule has 0 radical (unpaired) electrons. The molecule has 1 saturated heterocycles. The first kappa shape index (κ1) is 35.8. The maximum absolute atomic E-state index is 16.8. The molecule has 46 heavy (non-hydrogen) atoms. The van der Waals surface area contributed by atoms with Crippen molar-refractivity contribution in [3.05, 3.63) is 76.6 Å². The van der Waals surface area contributed by atoms with E-state index in [0.717, 1.165) is 63.5 Å². The van der Waals surface area contributed by atoms with E-state index in [1.165, 1.54) is 6.07 Å². The average Bonchev–Trinajstić information content (AvgIpc) is 3.44. The number of benzene rings is 3. The van der Waals surface area contributed by atoms with E-state index < -0.39 is 17.5 Å². The van der Waals surface area contributed by atoms with Crippen LogP contribution in [0.25, 0.3) is 21.9 Å². The molecule has 2 unspecified atom stereocenters. The first-order valence-corrected chi connectivity index (χ1v) is 16.6. The van der Waals surface area contributed by atoms with E-state index in [9.17, 15) is 4.39 Å². The van der Waals surface area contributed by atoms with Crippen LogP contribution < -0.4 is 10.6 Å². The number of nitrogens with zero attached hydrogens (tertiary/aromatic N) is 3. The highest BCUT2D eigenvalue weighted by Gasteiger charge is 2.27. The van der Waals surface area contributed by atoms with Crippen LogP contribution in [0.15, 0.2) is 58.5 Å². The molecular formula is C37H47ClF3N5. The van der Waals surface area contributed by atoms with Crippen LogP contribution in [0.4, 0.5) is 18.9 Å². The van der Waals surface area contributed by atoms with Crippen molar-refractivity contribution in [2.45, 2.75) is 71.4 Å². The van der Waals surface area contributed by atoms with Crippen LogP contribution in [0.5, 0.6) is 0 Å². The third-order valence-electron chi connectivity index (χ3n) is 8.39. The van der Waals surface area contributed by atoms with E-state index in [1.807, 2.05) is 14.0 Å². The van der Waals surface area contributed by atoms with Gasteiger partial charge < -0.3 is 10.6 Å². The lowest BCUT2D eigenvalue weighted by atomic mass is 9.93. The number of unbranched alkanes of at least 4 members (excludes halogenated alkanes) is 1. The molecule has 1 aliphatic rings. The minimum atomic E-state index is -1.05. The fourth-order valence-corrected chi connectivity index (χ4v) is 6.80. The quantitative estimate of drug-likeness (QED) is 0.0746. The third kappa shape index (κ3) is 9.06. The van der Waals surface area contributed by atoms with E-state index in [4.69, 9.17) is 16.6 Å². The minimum absolute atomic E-state index is 0.0146. The van der Waals surface area contributed by atoms with E-state index in [-0.39, 0.29) is 33.3 Å². The zero-order valence-corrected chi connectivity index (χ0v) is 28.3. The Bertz CT molecular complexity index is 1570. The lowest BCUT2D eigenvalue weighted by Gasteiger charge is -2.24. The van der Waals surface area contributed by atoms with Gasteiger partial charge in [0.1, 0.15) is 11.5 Å². The van der Waals surface area contributed by atoms with Crippen LogP contribution in [0.3, 0.4) is 0 Å².